The van der Waals surface area contributed by atoms with Gasteiger partial charge < -0.3 is 4.98 Å². The van der Waals surface area contributed by atoms with Gasteiger partial charge in [0.25, 0.3) is 0 Å². The molecule has 3 nitrogen and oxygen atoms in total. The van der Waals surface area contributed by atoms with Crippen molar-refractivity contribution < 1.29 is 13.2 Å². The van der Waals surface area contributed by atoms with Crippen LogP contribution in [-0.4, -0.2) is 4.98 Å². The van der Waals surface area contributed by atoms with Crippen LogP contribution in [0.25, 0.3) is 10.9 Å². The topological polar surface area (TPSA) is 40.5 Å². The molecule has 0 aliphatic rings. The number of rotatable bonds is 5. The van der Waals surface area contributed by atoms with Crippen LogP contribution in [0.1, 0.15) is 16.7 Å². The summed E-state index contributed by atoms with van der Waals surface area (Å²) in [5, 5.41) is 10.1. The largest absolute Gasteiger partial charge is 0.416 e. The van der Waals surface area contributed by atoms with Crippen molar-refractivity contribution in [3.8, 4) is 0 Å². The van der Waals surface area contributed by atoms with Crippen LogP contribution in [-0.2, 0) is 11.9 Å². The molecular formula is C23H18F3N3S. The molecule has 152 valence electrons. The van der Waals surface area contributed by atoms with Crippen LogP contribution < -0.4 is 0 Å². The van der Waals surface area contributed by atoms with Gasteiger partial charge in [0.2, 0.25) is 0 Å². The number of thioether (sulfide) groups is 1. The smallest absolute Gasteiger partial charge is 0.348 e. The molecule has 0 aliphatic heterocycles. The summed E-state index contributed by atoms with van der Waals surface area (Å²) in [4.78, 5) is 3.35. The van der Waals surface area contributed by atoms with Crippen molar-refractivity contribution in [2.75, 3.05) is 0 Å². The highest BCUT2D eigenvalue weighted by Crippen LogP contribution is 2.39. The number of aromatic amines is 1. The van der Waals surface area contributed by atoms with Gasteiger partial charge in [0.05, 0.1) is 11.3 Å². The number of hydrogen-bond acceptors (Lipinski definition) is 3. The molecule has 1 aromatic heterocycles. The minimum atomic E-state index is -4.42. The number of hydrogen-bond donors (Lipinski definition) is 1. The number of nitrogens with one attached hydrogen (secondary N) is 1. The van der Waals surface area contributed by atoms with Crippen molar-refractivity contribution in [1.29, 1.82) is 0 Å². The van der Waals surface area contributed by atoms with Gasteiger partial charge in [-0.3, -0.25) is 0 Å². The molecule has 0 saturated carbocycles. The minimum Gasteiger partial charge on any atom is -0.348 e. The summed E-state index contributed by atoms with van der Waals surface area (Å²) in [5.41, 5.74) is 3.31. The lowest BCUT2D eigenvalue weighted by atomic mass is 10.2. The molecule has 3 aromatic carbocycles. The van der Waals surface area contributed by atoms with E-state index in [1.54, 1.807) is 11.8 Å². The average Bonchev–Trinajstić information content (AvgIpc) is 3.09. The number of aromatic nitrogens is 1. The second kappa shape index (κ2) is 8.36. The number of alkyl halides is 3. The van der Waals surface area contributed by atoms with Crippen molar-refractivity contribution in [2.45, 2.75) is 23.9 Å². The summed E-state index contributed by atoms with van der Waals surface area (Å²) in [6.45, 7) is 2.04. The molecule has 0 atom stereocenters. The molecule has 4 rings (SSSR count). The fourth-order valence-electron chi connectivity index (χ4n) is 3.00. The maximum Gasteiger partial charge on any atom is 0.416 e. The molecule has 1 N–H and O–H groups in total. The molecular weight excluding hydrogens is 407 g/mol. The number of para-hydroxylation sites is 1. The van der Waals surface area contributed by atoms with Gasteiger partial charge in [-0.2, -0.15) is 18.3 Å². The highest BCUT2D eigenvalue weighted by atomic mass is 32.2. The number of fused-ring (bicyclic) bond motifs is 1. The highest BCUT2D eigenvalue weighted by molar-refractivity contribution is 7.98. The van der Waals surface area contributed by atoms with Crippen molar-refractivity contribution in [3.05, 3.63) is 89.5 Å². The Morgan fingerprint density at radius 3 is 2.43 bits per heavy atom. The standard InChI is InChI=1S/C23H18F3N3S/c1-15-9-11-16(12-10-15)14-30-22-21(19-7-2-3-8-20(19)27-22)29-28-18-6-4-5-17(13-18)23(24,25)26/h2-13,27H,14H2,1H3. The van der Waals surface area contributed by atoms with E-state index in [0.29, 0.717) is 5.69 Å². The Morgan fingerprint density at radius 1 is 0.900 bits per heavy atom. The van der Waals surface area contributed by atoms with E-state index in [4.69, 9.17) is 0 Å². The quantitative estimate of drug-likeness (QED) is 0.254. The van der Waals surface area contributed by atoms with E-state index in [1.165, 1.54) is 23.3 Å². The summed E-state index contributed by atoms with van der Waals surface area (Å²) < 4.78 is 38.9. The number of nitrogens with zero attached hydrogens (tertiary/aromatic N) is 2. The normalized spacial score (nSPS) is 12.1. The molecule has 30 heavy (non-hydrogen) atoms. The fourth-order valence-corrected chi connectivity index (χ4v) is 3.97. The zero-order valence-corrected chi connectivity index (χ0v) is 16.9. The Bertz CT molecular complexity index is 1190. The van der Waals surface area contributed by atoms with E-state index in [9.17, 15) is 13.2 Å². The summed E-state index contributed by atoms with van der Waals surface area (Å²) in [6, 6.07) is 20.8. The number of aryl methyl sites for hydroxylation is 1. The van der Waals surface area contributed by atoms with E-state index in [2.05, 4.69) is 39.5 Å². The second-order valence-corrected chi connectivity index (χ2v) is 7.86. The van der Waals surface area contributed by atoms with Gasteiger partial charge in [0.1, 0.15) is 10.7 Å². The number of azo groups is 1. The first-order valence-corrected chi connectivity index (χ1v) is 10.3. The molecule has 0 radical (unpaired) electrons. The highest BCUT2D eigenvalue weighted by Gasteiger charge is 2.30. The molecule has 0 bridgehead atoms. The molecule has 4 aromatic rings. The molecule has 0 aliphatic carbocycles. The van der Waals surface area contributed by atoms with Crippen molar-refractivity contribution in [3.63, 3.8) is 0 Å². The first kappa shape index (κ1) is 20.2. The fraction of sp³-hybridized carbons (Fsp3) is 0.130. The van der Waals surface area contributed by atoms with E-state index >= 15 is 0 Å². The monoisotopic (exact) mass is 425 g/mol. The Hall–Kier alpha value is -3.06. The van der Waals surface area contributed by atoms with Gasteiger partial charge >= 0.3 is 6.18 Å². The van der Waals surface area contributed by atoms with Gasteiger partial charge in [-0.05, 0) is 36.8 Å². The molecule has 0 unspecified atom stereocenters. The molecule has 0 fully saturated rings. The van der Waals surface area contributed by atoms with Crippen LogP contribution in [0.4, 0.5) is 24.5 Å². The summed E-state index contributed by atoms with van der Waals surface area (Å²) in [5.74, 6) is 0.735. The number of H-pyrrole nitrogens is 1. The number of halogens is 3. The van der Waals surface area contributed by atoms with E-state index in [0.717, 1.165) is 33.8 Å². The lowest BCUT2D eigenvalue weighted by Gasteiger charge is -2.06. The molecule has 1 heterocycles. The maximum atomic E-state index is 13.0. The lowest BCUT2D eigenvalue weighted by molar-refractivity contribution is -0.137. The van der Waals surface area contributed by atoms with Gasteiger partial charge in [-0.25, -0.2) is 0 Å². The zero-order valence-electron chi connectivity index (χ0n) is 16.1. The maximum absolute atomic E-state index is 13.0. The van der Waals surface area contributed by atoms with Crippen molar-refractivity contribution in [2.24, 2.45) is 10.2 Å². The summed E-state index contributed by atoms with van der Waals surface area (Å²) >= 11 is 1.58. The van der Waals surface area contributed by atoms with Crippen LogP contribution in [0.2, 0.25) is 0 Å². The Balaban J connectivity index is 1.65. The summed E-state index contributed by atoms with van der Waals surface area (Å²) in [6.07, 6.45) is -4.42. The van der Waals surface area contributed by atoms with Crippen LogP contribution in [0.5, 0.6) is 0 Å². The van der Waals surface area contributed by atoms with E-state index < -0.39 is 11.7 Å². The Morgan fingerprint density at radius 2 is 1.67 bits per heavy atom. The van der Waals surface area contributed by atoms with Crippen LogP contribution in [0.15, 0.2) is 88.1 Å². The predicted molar refractivity (Wildman–Crippen MR) is 115 cm³/mol. The molecule has 7 heteroatoms. The number of benzene rings is 3. The SMILES string of the molecule is Cc1ccc(CSc2[nH]c3ccccc3c2N=Nc2cccc(C(F)(F)F)c2)cc1. The molecule has 0 saturated heterocycles. The molecule has 0 spiro atoms. The Labute approximate surface area is 176 Å². The average molecular weight is 425 g/mol. The summed E-state index contributed by atoms with van der Waals surface area (Å²) in [7, 11) is 0. The minimum absolute atomic E-state index is 0.157. The van der Waals surface area contributed by atoms with E-state index in [1.807, 2.05) is 31.2 Å². The van der Waals surface area contributed by atoms with Crippen molar-refractivity contribution >= 4 is 34.0 Å². The Kier molecular flexibility index (Phi) is 5.63. The zero-order chi connectivity index (χ0) is 21.1. The third kappa shape index (κ3) is 4.57. The van der Waals surface area contributed by atoms with Crippen molar-refractivity contribution in [1.82, 2.24) is 4.98 Å². The van der Waals surface area contributed by atoms with Gasteiger partial charge in [0, 0.05) is 16.7 Å². The third-order valence-electron chi connectivity index (χ3n) is 4.59. The first-order chi connectivity index (χ1) is 14.4. The predicted octanol–water partition coefficient (Wildman–Crippen LogP) is 8.20. The van der Waals surface area contributed by atoms with Gasteiger partial charge in [0.15, 0.2) is 0 Å². The van der Waals surface area contributed by atoms with Gasteiger partial charge in [-0.1, -0.05) is 54.1 Å². The van der Waals surface area contributed by atoms with Crippen LogP contribution >= 0.6 is 11.8 Å². The van der Waals surface area contributed by atoms with Crippen LogP contribution in [0.3, 0.4) is 0 Å². The molecule has 0 amide bonds. The van der Waals surface area contributed by atoms with E-state index in [-0.39, 0.29) is 5.69 Å². The van der Waals surface area contributed by atoms with Crippen LogP contribution in [0, 0.1) is 6.92 Å². The first-order valence-electron chi connectivity index (χ1n) is 9.28. The van der Waals surface area contributed by atoms with Gasteiger partial charge in [-0.15, -0.1) is 16.9 Å². The lowest BCUT2D eigenvalue weighted by Crippen LogP contribution is -2.03. The third-order valence-corrected chi connectivity index (χ3v) is 5.65. The second-order valence-electron chi connectivity index (χ2n) is 6.87.